The van der Waals surface area contributed by atoms with Gasteiger partial charge in [0.15, 0.2) is 5.79 Å². The van der Waals surface area contributed by atoms with E-state index < -0.39 is 11.9 Å². The van der Waals surface area contributed by atoms with Crippen LogP contribution in [0.1, 0.15) is 13.3 Å². The first-order chi connectivity index (χ1) is 5.65. The summed E-state index contributed by atoms with van der Waals surface area (Å²) in [6.45, 7) is 2.32. The van der Waals surface area contributed by atoms with Crippen LogP contribution in [0.2, 0.25) is 0 Å². The van der Waals surface area contributed by atoms with Gasteiger partial charge >= 0.3 is 0 Å². The van der Waals surface area contributed by atoms with Crippen LogP contribution >= 0.6 is 0 Å². The standard InChI is InChI=1S/C8H14O4/c1-8-7(10-2)3-5(9)6(12-8)4-11-8/h5-7,9H,3-4H2,1-2H3/t5-,6+,7+,8?/m0/s1. The highest BCUT2D eigenvalue weighted by Gasteiger charge is 2.52. The summed E-state index contributed by atoms with van der Waals surface area (Å²) in [5.41, 5.74) is 0. The quantitative estimate of drug-likeness (QED) is 0.603. The molecule has 4 atom stereocenters. The summed E-state index contributed by atoms with van der Waals surface area (Å²) in [4.78, 5) is 0. The Hall–Kier alpha value is -0.160. The van der Waals surface area contributed by atoms with E-state index in [4.69, 9.17) is 14.2 Å². The fourth-order valence-electron chi connectivity index (χ4n) is 1.87. The molecule has 0 aromatic rings. The molecule has 2 bridgehead atoms. The van der Waals surface area contributed by atoms with Crippen LogP contribution in [0.15, 0.2) is 0 Å². The molecule has 4 heteroatoms. The van der Waals surface area contributed by atoms with Crippen LogP contribution in [0.25, 0.3) is 0 Å². The van der Waals surface area contributed by atoms with Crippen LogP contribution in [0.3, 0.4) is 0 Å². The maximum absolute atomic E-state index is 9.53. The molecule has 70 valence electrons. The van der Waals surface area contributed by atoms with Crippen molar-refractivity contribution in [3.63, 3.8) is 0 Å². The van der Waals surface area contributed by atoms with Crippen molar-refractivity contribution >= 4 is 0 Å². The van der Waals surface area contributed by atoms with Crippen LogP contribution in [0.4, 0.5) is 0 Å². The van der Waals surface area contributed by atoms with Crippen molar-refractivity contribution in [2.45, 2.75) is 37.4 Å². The molecule has 12 heavy (non-hydrogen) atoms. The molecule has 1 N–H and O–H groups in total. The minimum atomic E-state index is -0.640. The first kappa shape index (κ1) is 8.44. The van der Waals surface area contributed by atoms with Crippen LogP contribution in [-0.4, -0.2) is 42.9 Å². The number of aliphatic hydroxyl groups excluding tert-OH is 1. The SMILES string of the molecule is CO[C@@H]1C[C@H](O)[C@H]2COC1(C)O2. The van der Waals surface area contributed by atoms with E-state index in [1.54, 1.807) is 7.11 Å². The molecule has 0 radical (unpaired) electrons. The molecule has 0 saturated carbocycles. The van der Waals surface area contributed by atoms with Gasteiger partial charge in [0.2, 0.25) is 0 Å². The smallest absolute Gasteiger partial charge is 0.192 e. The molecule has 2 saturated heterocycles. The van der Waals surface area contributed by atoms with Gasteiger partial charge in [-0.15, -0.1) is 0 Å². The lowest BCUT2D eigenvalue weighted by atomic mass is 9.99. The van der Waals surface area contributed by atoms with Crippen molar-refractivity contribution in [3.8, 4) is 0 Å². The summed E-state index contributed by atoms with van der Waals surface area (Å²) >= 11 is 0. The van der Waals surface area contributed by atoms with Crippen molar-refractivity contribution in [1.82, 2.24) is 0 Å². The van der Waals surface area contributed by atoms with Crippen LogP contribution in [0, 0.1) is 0 Å². The Labute approximate surface area is 71.4 Å². The third-order valence-electron chi connectivity index (χ3n) is 2.67. The summed E-state index contributed by atoms with van der Waals surface area (Å²) in [6.07, 6.45) is -0.185. The average molecular weight is 174 g/mol. The number of ether oxygens (including phenoxy) is 3. The highest BCUT2D eigenvalue weighted by molar-refractivity contribution is 4.93. The van der Waals surface area contributed by atoms with Gasteiger partial charge in [0.25, 0.3) is 0 Å². The van der Waals surface area contributed by atoms with Gasteiger partial charge in [-0.3, -0.25) is 0 Å². The van der Waals surface area contributed by atoms with Crippen LogP contribution < -0.4 is 0 Å². The highest BCUT2D eigenvalue weighted by atomic mass is 16.8. The summed E-state index contributed by atoms with van der Waals surface area (Å²) in [6, 6.07) is 0. The summed E-state index contributed by atoms with van der Waals surface area (Å²) in [5.74, 6) is -0.640. The fraction of sp³-hybridized carbons (Fsp3) is 1.00. The molecule has 0 aromatic carbocycles. The van der Waals surface area contributed by atoms with E-state index in [1.165, 1.54) is 0 Å². The molecular weight excluding hydrogens is 160 g/mol. The largest absolute Gasteiger partial charge is 0.390 e. The third-order valence-corrected chi connectivity index (χ3v) is 2.67. The fourth-order valence-corrected chi connectivity index (χ4v) is 1.87. The Morgan fingerprint density at radius 3 is 3.00 bits per heavy atom. The van der Waals surface area contributed by atoms with E-state index in [0.29, 0.717) is 13.0 Å². The molecule has 1 unspecified atom stereocenters. The van der Waals surface area contributed by atoms with Crippen LogP contribution in [0.5, 0.6) is 0 Å². The van der Waals surface area contributed by atoms with E-state index in [2.05, 4.69) is 0 Å². The molecular formula is C8H14O4. The highest BCUT2D eigenvalue weighted by Crippen LogP contribution is 2.37. The Morgan fingerprint density at radius 1 is 1.58 bits per heavy atom. The van der Waals surface area contributed by atoms with Crippen molar-refractivity contribution in [1.29, 1.82) is 0 Å². The van der Waals surface area contributed by atoms with Gasteiger partial charge < -0.3 is 19.3 Å². The zero-order valence-electron chi connectivity index (χ0n) is 7.32. The second kappa shape index (κ2) is 2.67. The lowest BCUT2D eigenvalue weighted by molar-refractivity contribution is -0.258. The Bertz CT molecular complexity index is 184. The molecule has 0 aromatic heterocycles. The monoisotopic (exact) mass is 174 g/mol. The number of hydrogen-bond acceptors (Lipinski definition) is 4. The van der Waals surface area contributed by atoms with Gasteiger partial charge in [0.1, 0.15) is 12.2 Å². The molecule has 2 aliphatic rings. The predicted octanol–water partition coefficient (Wildman–Crippen LogP) is -0.102. The second-order valence-electron chi connectivity index (χ2n) is 3.51. The minimum Gasteiger partial charge on any atom is -0.390 e. The zero-order valence-corrected chi connectivity index (χ0v) is 7.32. The van der Waals surface area contributed by atoms with Gasteiger partial charge in [-0.25, -0.2) is 0 Å². The Kier molecular flexibility index (Phi) is 1.88. The normalized spacial score (nSPS) is 52.8. The molecule has 2 fully saturated rings. The van der Waals surface area contributed by atoms with Gasteiger partial charge in [-0.2, -0.15) is 0 Å². The van der Waals surface area contributed by atoms with Gasteiger partial charge in [0, 0.05) is 13.5 Å². The molecule has 2 heterocycles. The lowest BCUT2D eigenvalue weighted by Gasteiger charge is -2.37. The summed E-state index contributed by atoms with van der Waals surface area (Å²) in [5, 5.41) is 9.53. The number of fused-ring (bicyclic) bond motifs is 2. The van der Waals surface area contributed by atoms with E-state index in [0.717, 1.165) is 0 Å². The molecule has 0 spiro atoms. The zero-order chi connectivity index (χ0) is 8.77. The van der Waals surface area contributed by atoms with Crippen molar-refractivity contribution in [2.24, 2.45) is 0 Å². The lowest BCUT2D eigenvalue weighted by Crippen LogP contribution is -2.50. The molecule has 2 aliphatic heterocycles. The second-order valence-corrected chi connectivity index (χ2v) is 3.51. The summed E-state index contributed by atoms with van der Waals surface area (Å²) in [7, 11) is 1.61. The average Bonchev–Trinajstić information content (AvgIpc) is 2.39. The van der Waals surface area contributed by atoms with Gasteiger partial charge in [0.05, 0.1) is 12.7 Å². The third kappa shape index (κ3) is 1.07. The van der Waals surface area contributed by atoms with E-state index in [1.807, 2.05) is 6.92 Å². The first-order valence-corrected chi connectivity index (χ1v) is 4.18. The van der Waals surface area contributed by atoms with Crippen LogP contribution in [-0.2, 0) is 14.2 Å². The number of rotatable bonds is 1. The first-order valence-electron chi connectivity index (χ1n) is 4.18. The molecule has 0 aliphatic carbocycles. The molecule has 0 amide bonds. The number of methoxy groups -OCH3 is 1. The van der Waals surface area contributed by atoms with Crippen molar-refractivity contribution in [3.05, 3.63) is 0 Å². The predicted molar refractivity (Wildman–Crippen MR) is 40.7 cm³/mol. The maximum atomic E-state index is 9.53. The molecule has 4 nitrogen and oxygen atoms in total. The number of hydrogen-bond donors (Lipinski definition) is 1. The van der Waals surface area contributed by atoms with Gasteiger partial charge in [-0.05, 0) is 6.92 Å². The van der Waals surface area contributed by atoms with Crippen molar-refractivity contribution in [2.75, 3.05) is 13.7 Å². The van der Waals surface area contributed by atoms with E-state index >= 15 is 0 Å². The Morgan fingerprint density at radius 2 is 2.33 bits per heavy atom. The van der Waals surface area contributed by atoms with Crippen molar-refractivity contribution < 1.29 is 19.3 Å². The van der Waals surface area contributed by atoms with E-state index in [-0.39, 0.29) is 12.2 Å². The minimum absolute atomic E-state index is 0.161. The van der Waals surface area contributed by atoms with E-state index in [9.17, 15) is 5.11 Å². The molecule has 2 rings (SSSR count). The number of aliphatic hydroxyl groups is 1. The summed E-state index contributed by atoms with van der Waals surface area (Å²) < 4.78 is 16.1. The topological polar surface area (TPSA) is 47.9 Å². The maximum Gasteiger partial charge on any atom is 0.192 e. The van der Waals surface area contributed by atoms with Gasteiger partial charge in [-0.1, -0.05) is 0 Å². The Balaban J connectivity index is 2.16.